The van der Waals surface area contributed by atoms with Crippen LogP contribution in [0.3, 0.4) is 0 Å². The molecule has 4 atom stereocenters. The van der Waals surface area contributed by atoms with E-state index < -0.39 is 6.10 Å². The van der Waals surface area contributed by atoms with Crippen LogP contribution in [0, 0.1) is 23.7 Å². The monoisotopic (exact) mass is 408 g/mol. The third kappa shape index (κ3) is 3.68. The van der Waals surface area contributed by atoms with Crippen molar-refractivity contribution in [3.05, 3.63) is 71.3 Å². The summed E-state index contributed by atoms with van der Waals surface area (Å²) in [6.07, 6.45) is 3.12. The molecule has 0 unspecified atom stereocenters. The molecule has 0 spiro atoms. The van der Waals surface area contributed by atoms with Gasteiger partial charge in [-0.25, -0.2) is 0 Å². The van der Waals surface area contributed by atoms with Crippen molar-refractivity contribution in [2.24, 2.45) is 16.7 Å². The van der Waals surface area contributed by atoms with Gasteiger partial charge in [-0.15, -0.1) is 0 Å². The molecule has 1 N–H and O–H groups in total. The van der Waals surface area contributed by atoms with Gasteiger partial charge in [0.15, 0.2) is 0 Å². The fraction of sp³-hybridized carbons (Fsp3) is 0.500. The zero-order valence-corrected chi connectivity index (χ0v) is 18.5. The third-order valence-corrected chi connectivity index (χ3v) is 9.27. The Balaban J connectivity index is 1.56. The normalized spacial score (nSPS) is 27.2. The summed E-state index contributed by atoms with van der Waals surface area (Å²) in [4.78, 5) is 12.9. The topological polar surface area (TPSA) is 37.3 Å². The molecule has 0 aliphatic heterocycles. The molecule has 2 fully saturated rings. The van der Waals surface area contributed by atoms with Crippen LogP contribution in [0.15, 0.2) is 54.6 Å². The third-order valence-electron chi connectivity index (χ3n) is 7.74. The number of benzene rings is 2. The summed E-state index contributed by atoms with van der Waals surface area (Å²) in [6, 6.07) is 18.6. The fourth-order valence-corrected chi connectivity index (χ4v) is 7.28. The van der Waals surface area contributed by atoms with Crippen LogP contribution < -0.4 is 0 Å². The van der Waals surface area contributed by atoms with Crippen molar-refractivity contribution in [2.45, 2.75) is 57.8 Å². The molecule has 0 aromatic heterocycles. The van der Waals surface area contributed by atoms with Crippen molar-refractivity contribution < 1.29 is 9.90 Å². The molecule has 154 valence electrons. The number of Topliss-reactive ketones (excluding diaryl/α,β-unsaturated/α-hetero) is 1. The number of rotatable bonds is 7. The van der Waals surface area contributed by atoms with Gasteiger partial charge in [-0.05, 0) is 48.6 Å². The van der Waals surface area contributed by atoms with E-state index in [9.17, 15) is 9.90 Å². The van der Waals surface area contributed by atoms with E-state index in [1.54, 1.807) is 0 Å². The number of carbonyl (C=O) groups excluding carboxylic acids is 1. The minimum Gasteiger partial charge on any atom is -0.388 e. The first-order valence-corrected chi connectivity index (χ1v) is 11.8. The van der Waals surface area contributed by atoms with Crippen molar-refractivity contribution in [3.63, 3.8) is 0 Å². The molecule has 2 aromatic carbocycles. The minimum atomic E-state index is -0.504. The smallest absolute Gasteiger partial charge is 0.140 e. The average molecular weight is 409 g/mol. The lowest BCUT2D eigenvalue weighted by atomic mass is 9.70. The standard InChI is InChI=1S/C26H32O2S/c1-18-9-11-20(12-10-18)23(16-22(27)19-7-5-4-6-8-19)29-17-26-14-13-21(15-24(26)28)25(26,2)3/h4-12,21-23,27H,13-17H2,1-3H3/t21-,22-,23-,26-/m1/s1. The average Bonchev–Trinajstić information content (AvgIpc) is 3.07. The maximum absolute atomic E-state index is 12.9. The van der Waals surface area contributed by atoms with Gasteiger partial charge in [0.2, 0.25) is 0 Å². The lowest BCUT2D eigenvalue weighted by Gasteiger charge is -2.37. The van der Waals surface area contributed by atoms with Crippen LogP contribution in [0.1, 0.15) is 67.6 Å². The molecule has 29 heavy (non-hydrogen) atoms. The number of ketones is 1. The highest BCUT2D eigenvalue weighted by Crippen LogP contribution is 2.65. The van der Waals surface area contributed by atoms with Gasteiger partial charge in [-0.3, -0.25) is 4.79 Å². The van der Waals surface area contributed by atoms with Crippen LogP contribution in [0.25, 0.3) is 0 Å². The Labute approximate surface area is 179 Å². The highest BCUT2D eigenvalue weighted by Gasteiger charge is 2.63. The van der Waals surface area contributed by atoms with Crippen molar-refractivity contribution in [3.8, 4) is 0 Å². The lowest BCUT2D eigenvalue weighted by Crippen LogP contribution is -2.38. The summed E-state index contributed by atoms with van der Waals surface area (Å²) in [5.74, 6) is 1.87. The Kier molecular flexibility index (Phi) is 5.65. The Morgan fingerprint density at radius 2 is 1.76 bits per heavy atom. The summed E-state index contributed by atoms with van der Waals surface area (Å²) in [5, 5.41) is 11.1. The first-order valence-electron chi connectivity index (χ1n) is 10.8. The van der Waals surface area contributed by atoms with E-state index in [-0.39, 0.29) is 16.1 Å². The maximum Gasteiger partial charge on any atom is 0.140 e. The van der Waals surface area contributed by atoms with E-state index in [2.05, 4.69) is 45.0 Å². The number of hydrogen-bond donors (Lipinski definition) is 1. The summed E-state index contributed by atoms with van der Waals surface area (Å²) in [6.45, 7) is 6.70. The van der Waals surface area contributed by atoms with Gasteiger partial charge in [0.05, 0.1) is 6.10 Å². The van der Waals surface area contributed by atoms with Crippen molar-refractivity contribution in [1.82, 2.24) is 0 Å². The second-order valence-corrected chi connectivity index (χ2v) is 10.7. The Morgan fingerprint density at radius 1 is 1.07 bits per heavy atom. The predicted octanol–water partition coefficient (Wildman–Crippen LogP) is 6.29. The summed E-state index contributed by atoms with van der Waals surface area (Å²) in [5.41, 5.74) is 3.34. The lowest BCUT2D eigenvalue weighted by molar-refractivity contribution is -0.127. The summed E-state index contributed by atoms with van der Waals surface area (Å²) >= 11 is 1.88. The van der Waals surface area contributed by atoms with E-state index >= 15 is 0 Å². The van der Waals surface area contributed by atoms with Gasteiger partial charge in [-0.1, -0.05) is 74.0 Å². The van der Waals surface area contributed by atoms with Gasteiger partial charge >= 0.3 is 0 Å². The van der Waals surface area contributed by atoms with Crippen LogP contribution in [0.2, 0.25) is 0 Å². The Morgan fingerprint density at radius 3 is 2.34 bits per heavy atom. The van der Waals surface area contributed by atoms with Crippen molar-refractivity contribution in [1.29, 1.82) is 0 Å². The predicted molar refractivity (Wildman–Crippen MR) is 121 cm³/mol. The molecule has 2 saturated carbocycles. The van der Waals surface area contributed by atoms with E-state index in [1.807, 2.05) is 42.1 Å². The first kappa shape index (κ1) is 20.7. The number of aryl methyl sites for hydroxylation is 1. The Bertz CT molecular complexity index is 858. The zero-order valence-electron chi connectivity index (χ0n) is 17.7. The fourth-order valence-electron chi connectivity index (χ4n) is 5.45. The number of fused-ring (bicyclic) bond motifs is 2. The van der Waals surface area contributed by atoms with Gasteiger partial charge in [0, 0.05) is 22.8 Å². The molecule has 2 aliphatic carbocycles. The molecule has 2 bridgehead atoms. The second kappa shape index (κ2) is 7.92. The van der Waals surface area contributed by atoms with Crippen LogP contribution in [0.4, 0.5) is 0 Å². The van der Waals surface area contributed by atoms with E-state index in [1.165, 1.54) is 17.5 Å². The molecule has 2 aromatic rings. The van der Waals surface area contributed by atoms with Crippen LogP contribution in [-0.2, 0) is 4.79 Å². The summed E-state index contributed by atoms with van der Waals surface area (Å²) < 4.78 is 0. The highest BCUT2D eigenvalue weighted by molar-refractivity contribution is 7.99. The zero-order chi connectivity index (χ0) is 20.6. The van der Waals surface area contributed by atoms with Crippen LogP contribution in [-0.4, -0.2) is 16.6 Å². The highest BCUT2D eigenvalue weighted by atomic mass is 32.2. The molecule has 2 aliphatic rings. The van der Waals surface area contributed by atoms with E-state index in [0.717, 1.165) is 24.2 Å². The minimum absolute atomic E-state index is 0.0902. The molecule has 0 radical (unpaired) electrons. The number of hydrogen-bond acceptors (Lipinski definition) is 3. The maximum atomic E-state index is 12.9. The number of carbonyl (C=O) groups is 1. The van der Waals surface area contributed by atoms with Gasteiger partial charge in [0.1, 0.15) is 5.78 Å². The first-order chi connectivity index (χ1) is 13.8. The number of aliphatic hydroxyl groups is 1. The quantitative estimate of drug-likeness (QED) is 0.585. The second-order valence-electron chi connectivity index (χ2n) is 9.54. The van der Waals surface area contributed by atoms with Crippen molar-refractivity contribution in [2.75, 3.05) is 5.75 Å². The molecule has 0 amide bonds. The van der Waals surface area contributed by atoms with Crippen LogP contribution >= 0.6 is 11.8 Å². The van der Waals surface area contributed by atoms with Gasteiger partial charge < -0.3 is 5.11 Å². The molecule has 0 saturated heterocycles. The SMILES string of the molecule is Cc1ccc([C@@H](C[C@@H](O)c2ccccc2)SC[C@]23CC[C@H](CC2=O)C3(C)C)cc1. The van der Waals surface area contributed by atoms with Crippen molar-refractivity contribution >= 4 is 17.5 Å². The molecular formula is C26H32O2S. The molecular weight excluding hydrogens is 376 g/mol. The van der Waals surface area contributed by atoms with Gasteiger partial charge in [0.25, 0.3) is 0 Å². The number of thioether (sulfide) groups is 1. The van der Waals surface area contributed by atoms with E-state index in [4.69, 9.17) is 0 Å². The van der Waals surface area contributed by atoms with Gasteiger partial charge in [-0.2, -0.15) is 11.8 Å². The Hall–Kier alpha value is -1.58. The molecule has 4 rings (SSSR count). The van der Waals surface area contributed by atoms with Crippen LogP contribution in [0.5, 0.6) is 0 Å². The molecule has 0 heterocycles. The largest absolute Gasteiger partial charge is 0.388 e. The molecule has 2 nitrogen and oxygen atoms in total. The van der Waals surface area contributed by atoms with E-state index in [0.29, 0.717) is 18.1 Å². The number of aliphatic hydroxyl groups excluding tert-OH is 1. The summed E-state index contributed by atoms with van der Waals surface area (Å²) in [7, 11) is 0. The molecule has 3 heteroatoms.